The first-order valence-electron chi connectivity index (χ1n) is 6.15. The third-order valence-corrected chi connectivity index (χ3v) is 3.31. The van der Waals surface area contributed by atoms with Crippen LogP contribution in [0.2, 0.25) is 0 Å². The monoisotopic (exact) mass is 209 g/mol. The molecule has 3 heteroatoms. The number of nitriles is 1. The van der Waals surface area contributed by atoms with Crippen molar-refractivity contribution < 1.29 is 0 Å². The fourth-order valence-electron chi connectivity index (χ4n) is 2.20. The van der Waals surface area contributed by atoms with E-state index in [0.717, 1.165) is 51.9 Å². The molecule has 0 bridgehead atoms. The lowest BCUT2D eigenvalue weighted by Crippen LogP contribution is -2.45. The van der Waals surface area contributed by atoms with Crippen molar-refractivity contribution >= 4 is 0 Å². The van der Waals surface area contributed by atoms with Crippen molar-refractivity contribution in [1.29, 1.82) is 5.26 Å². The van der Waals surface area contributed by atoms with E-state index in [1.807, 2.05) is 0 Å². The van der Waals surface area contributed by atoms with Gasteiger partial charge in [-0.15, -0.1) is 0 Å². The highest BCUT2D eigenvalue weighted by Gasteiger charge is 2.31. The summed E-state index contributed by atoms with van der Waals surface area (Å²) >= 11 is 0. The molecule has 1 rings (SSSR count). The second-order valence-corrected chi connectivity index (χ2v) is 4.41. The predicted molar refractivity (Wildman–Crippen MR) is 62.6 cm³/mol. The Morgan fingerprint density at radius 3 is 2.73 bits per heavy atom. The molecule has 1 atom stereocenters. The van der Waals surface area contributed by atoms with Crippen molar-refractivity contribution in [2.45, 2.75) is 45.1 Å². The molecule has 0 saturated carbocycles. The molecule has 1 N–H and O–H groups in total. The third kappa shape index (κ3) is 3.48. The van der Waals surface area contributed by atoms with Gasteiger partial charge in [-0.25, -0.2) is 0 Å². The van der Waals surface area contributed by atoms with Crippen LogP contribution in [0.3, 0.4) is 0 Å². The molecule has 0 aromatic rings. The molecule has 0 amide bonds. The minimum absolute atomic E-state index is 0.250. The van der Waals surface area contributed by atoms with E-state index in [0.29, 0.717) is 0 Å². The Hall–Kier alpha value is -0.590. The van der Waals surface area contributed by atoms with Gasteiger partial charge in [0.25, 0.3) is 0 Å². The molecule has 15 heavy (non-hydrogen) atoms. The molecule has 1 aliphatic heterocycles. The second-order valence-electron chi connectivity index (χ2n) is 4.41. The summed E-state index contributed by atoms with van der Waals surface area (Å²) in [6, 6.07) is 2.50. The van der Waals surface area contributed by atoms with Crippen LogP contribution >= 0.6 is 0 Å². The lowest BCUT2D eigenvalue weighted by molar-refractivity contribution is 0.289. The van der Waals surface area contributed by atoms with Crippen LogP contribution in [0.5, 0.6) is 0 Å². The maximum Gasteiger partial charge on any atom is 0.108 e. The van der Waals surface area contributed by atoms with Crippen LogP contribution in [-0.2, 0) is 0 Å². The van der Waals surface area contributed by atoms with E-state index in [2.05, 4.69) is 30.1 Å². The molecule has 0 aromatic carbocycles. The van der Waals surface area contributed by atoms with Gasteiger partial charge < -0.3 is 4.90 Å². The molecule has 0 aliphatic carbocycles. The normalized spacial score (nSPS) is 28.3. The maximum atomic E-state index is 9.32. The summed E-state index contributed by atoms with van der Waals surface area (Å²) < 4.78 is 0. The molecule has 1 heterocycles. The van der Waals surface area contributed by atoms with Crippen LogP contribution in [0.4, 0.5) is 0 Å². The second kappa shape index (κ2) is 6.09. The predicted octanol–water partition coefficient (Wildman–Crippen LogP) is 1.75. The number of rotatable bonds is 4. The maximum absolute atomic E-state index is 9.32. The molecular formula is C12H23N3. The van der Waals surface area contributed by atoms with Crippen molar-refractivity contribution in [2.75, 3.05) is 26.2 Å². The molecule has 0 spiro atoms. The Bertz CT molecular complexity index is 221. The zero-order chi connectivity index (χ0) is 11.1. The molecule has 1 saturated heterocycles. The molecule has 1 unspecified atom stereocenters. The number of nitrogens with zero attached hydrogens (tertiary/aromatic N) is 2. The topological polar surface area (TPSA) is 39.1 Å². The molecule has 3 nitrogen and oxygen atoms in total. The van der Waals surface area contributed by atoms with Crippen LogP contribution in [0.1, 0.15) is 39.5 Å². The lowest BCUT2D eigenvalue weighted by Gasteiger charge is -2.26. The quantitative estimate of drug-likeness (QED) is 0.766. The Kier molecular flexibility index (Phi) is 5.07. The van der Waals surface area contributed by atoms with Crippen LogP contribution in [-0.4, -0.2) is 36.6 Å². The van der Waals surface area contributed by atoms with Crippen LogP contribution in [0, 0.1) is 11.3 Å². The molecule has 0 aromatic heterocycles. The van der Waals surface area contributed by atoms with Crippen molar-refractivity contribution in [3.8, 4) is 6.07 Å². The number of likely N-dealkylation sites (tertiary alicyclic amines) is 1. The van der Waals surface area contributed by atoms with E-state index in [-0.39, 0.29) is 5.54 Å². The van der Waals surface area contributed by atoms with Gasteiger partial charge in [0.05, 0.1) is 6.07 Å². The van der Waals surface area contributed by atoms with Gasteiger partial charge in [-0.1, -0.05) is 13.8 Å². The minimum Gasteiger partial charge on any atom is -0.304 e. The van der Waals surface area contributed by atoms with E-state index in [1.165, 1.54) is 0 Å². The van der Waals surface area contributed by atoms with Crippen LogP contribution in [0.25, 0.3) is 0 Å². The lowest BCUT2D eigenvalue weighted by atomic mass is 9.92. The fourth-order valence-corrected chi connectivity index (χ4v) is 2.20. The van der Waals surface area contributed by atoms with E-state index in [4.69, 9.17) is 0 Å². The minimum atomic E-state index is -0.250. The van der Waals surface area contributed by atoms with Gasteiger partial charge in [0.15, 0.2) is 0 Å². The number of nitrogens with one attached hydrogen (secondary N) is 1. The first kappa shape index (κ1) is 12.5. The van der Waals surface area contributed by atoms with Gasteiger partial charge in [0, 0.05) is 6.54 Å². The van der Waals surface area contributed by atoms with Gasteiger partial charge in [-0.05, 0) is 45.3 Å². The average Bonchev–Trinajstić information content (AvgIpc) is 2.49. The van der Waals surface area contributed by atoms with Gasteiger partial charge in [-0.3, -0.25) is 5.32 Å². The smallest absolute Gasteiger partial charge is 0.108 e. The number of hydrogen-bond acceptors (Lipinski definition) is 3. The van der Waals surface area contributed by atoms with E-state index in [1.54, 1.807) is 0 Å². The van der Waals surface area contributed by atoms with Gasteiger partial charge in [-0.2, -0.15) is 5.26 Å². The number of hydrogen-bond donors (Lipinski definition) is 1. The molecule has 0 radical (unpaired) electrons. The van der Waals surface area contributed by atoms with Crippen molar-refractivity contribution in [1.82, 2.24) is 10.2 Å². The molecule has 1 aliphatic rings. The van der Waals surface area contributed by atoms with Crippen LogP contribution < -0.4 is 5.32 Å². The highest BCUT2D eigenvalue weighted by molar-refractivity contribution is 5.08. The highest BCUT2D eigenvalue weighted by Crippen LogP contribution is 2.21. The van der Waals surface area contributed by atoms with Gasteiger partial charge in [0.1, 0.15) is 5.54 Å². The molecule has 86 valence electrons. The Balaban J connectivity index is 2.54. The fraction of sp³-hybridized carbons (Fsp3) is 0.917. The zero-order valence-corrected chi connectivity index (χ0v) is 10.1. The first-order valence-corrected chi connectivity index (χ1v) is 6.15. The zero-order valence-electron chi connectivity index (χ0n) is 10.1. The van der Waals surface area contributed by atoms with Gasteiger partial charge >= 0.3 is 0 Å². The summed E-state index contributed by atoms with van der Waals surface area (Å²) in [5.41, 5.74) is -0.250. The third-order valence-electron chi connectivity index (χ3n) is 3.31. The first-order chi connectivity index (χ1) is 7.26. The Labute approximate surface area is 93.5 Å². The van der Waals surface area contributed by atoms with E-state index in [9.17, 15) is 5.26 Å². The Morgan fingerprint density at radius 1 is 1.33 bits per heavy atom. The van der Waals surface area contributed by atoms with Crippen LogP contribution in [0.15, 0.2) is 0 Å². The van der Waals surface area contributed by atoms with Crippen molar-refractivity contribution in [3.05, 3.63) is 0 Å². The molecule has 1 fully saturated rings. The average molecular weight is 209 g/mol. The van der Waals surface area contributed by atoms with Crippen molar-refractivity contribution in [2.24, 2.45) is 0 Å². The summed E-state index contributed by atoms with van der Waals surface area (Å²) in [7, 11) is 0. The highest BCUT2D eigenvalue weighted by atomic mass is 15.1. The summed E-state index contributed by atoms with van der Waals surface area (Å²) in [5, 5.41) is 12.8. The summed E-state index contributed by atoms with van der Waals surface area (Å²) in [6.45, 7) is 8.61. The van der Waals surface area contributed by atoms with E-state index >= 15 is 0 Å². The SMILES string of the molecule is CCCNC1(C#N)CCCN(CC)CC1. The van der Waals surface area contributed by atoms with E-state index < -0.39 is 0 Å². The summed E-state index contributed by atoms with van der Waals surface area (Å²) in [5.74, 6) is 0. The standard InChI is InChI=1S/C12H23N3/c1-3-8-14-12(11-13)6-5-9-15(4-2)10-7-12/h14H,3-10H2,1-2H3. The van der Waals surface area contributed by atoms with Crippen molar-refractivity contribution in [3.63, 3.8) is 0 Å². The summed E-state index contributed by atoms with van der Waals surface area (Å²) in [6.07, 6.45) is 4.20. The Morgan fingerprint density at radius 2 is 2.13 bits per heavy atom. The molecular weight excluding hydrogens is 186 g/mol. The largest absolute Gasteiger partial charge is 0.304 e. The van der Waals surface area contributed by atoms with Gasteiger partial charge in [0.2, 0.25) is 0 Å². The summed E-state index contributed by atoms with van der Waals surface area (Å²) in [4.78, 5) is 2.44.